The van der Waals surface area contributed by atoms with Gasteiger partial charge in [-0.3, -0.25) is 4.79 Å². The number of carbonyl (C=O) groups is 2. The molecule has 4 N–H and O–H groups in total. The molecule has 5 nitrogen and oxygen atoms in total. The van der Waals surface area contributed by atoms with E-state index >= 15 is 0 Å². The van der Waals surface area contributed by atoms with Crippen LogP contribution in [0.1, 0.15) is 36.2 Å². The predicted molar refractivity (Wildman–Crippen MR) is 69.7 cm³/mol. The number of nitrogens with one attached hydrogen (secondary N) is 1. The summed E-state index contributed by atoms with van der Waals surface area (Å²) in [5.41, 5.74) is 6.11. The lowest BCUT2D eigenvalue weighted by atomic mass is 9.98. The summed E-state index contributed by atoms with van der Waals surface area (Å²) in [6.45, 7) is 5.41. The van der Waals surface area contributed by atoms with Crippen molar-refractivity contribution in [2.45, 2.75) is 32.7 Å². The summed E-state index contributed by atoms with van der Waals surface area (Å²) >= 11 is 0. The third kappa shape index (κ3) is 3.76. The van der Waals surface area contributed by atoms with Gasteiger partial charge in [-0.2, -0.15) is 0 Å². The first kappa shape index (κ1) is 14.0. The van der Waals surface area contributed by atoms with E-state index in [4.69, 9.17) is 10.8 Å². The van der Waals surface area contributed by atoms with Crippen molar-refractivity contribution in [3.63, 3.8) is 0 Å². The number of carboxylic acids is 1. The van der Waals surface area contributed by atoms with Gasteiger partial charge in [-0.25, -0.2) is 4.79 Å². The Bertz CT molecular complexity index is 481. The van der Waals surface area contributed by atoms with E-state index < -0.39 is 17.4 Å². The largest absolute Gasteiger partial charge is 0.478 e. The summed E-state index contributed by atoms with van der Waals surface area (Å²) in [6.07, 6.45) is 0.125. The zero-order valence-electron chi connectivity index (χ0n) is 10.8. The quantitative estimate of drug-likeness (QED) is 0.742. The van der Waals surface area contributed by atoms with E-state index in [1.54, 1.807) is 26.0 Å². The molecule has 1 aromatic carbocycles. The van der Waals surface area contributed by atoms with E-state index in [1.165, 1.54) is 0 Å². The van der Waals surface area contributed by atoms with Gasteiger partial charge in [-0.05, 0) is 32.9 Å². The molecule has 18 heavy (non-hydrogen) atoms. The van der Waals surface area contributed by atoms with Crippen molar-refractivity contribution in [1.29, 1.82) is 0 Å². The number of carboxylic acid groups (broad SMARTS) is 1. The topological polar surface area (TPSA) is 92.4 Å². The lowest BCUT2D eigenvalue weighted by Gasteiger charge is -2.27. The molecular formula is C13H18N2O3. The fraction of sp³-hybridized carbons (Fsp3) is 0.385. The number of amides is 1. The minimum Gasteiger partial charge on any atom is -0.478 e. The van der Waals surface area contributed by atoms with E-state index in [1.807, 2.05) is 13.0 Å². The molecule has 0 fully saturated rings. The molecule has 0 aromatic heterocycles. The number of hydrogen-bond donors (Lipinski definition) is 3. The van der Waals surface area contributed by atoms with Crippen LogP contribution in [0.2, 0.25) is 0 Å². The van der Waals surface area contributed by atoms with Gasteiger partial charge in [0.15, 0.2) is 0 Å². The Labute approximate surface area is 106 Å². The van der Waals surface area contributed by atoms with Crippen LogP contribution in [0, 0.1) is 6.92 Å². The zero-order chi connectivity index (χ0) is 13.9. The van der Waals surface area contributed by atoms with Crippen LogP contribution in [0.25, 0.3) is 0 Å². The molecule has 0 heterocycles. The first-order valence-corrected chi connectivity index (χ1v) is 5.62. The van der Waals surface area contributed by atoms with Gasteiger partial charge in [-0.1, -0.05) is 11.6 Å². The van der Waals surface area contributed by atoms with Crippen LogP contribution in [0.4, 0.5) is 5.69 Å². The van der Waals surface area contributed by atoms with E-state index in [2.05, 4.69) is 5.32 Å². The SMILES string of the molecule is Cc1ccc(NC(C)(C)CC(N)=O)c(C(=O)O)c1. The van der Waals surface area contributed by atoms with E-state index in [0.717, 1.165) is 5.56 Å². The maximum absolute atomic E-state index is 11.2. The first-order chi connectivity index (χ1) is 8.21. The lowest BCUT2D eigenvalue weighted by Crippen LogP contribution is -2.36. The number of anilines is 1. The molecular weight excluding hydrogens is 232 g/mol. The number of aromatic carboxylic acids is 1. The first-order valence-electron chi connectivity index (χ1n) is 5.62. The molecule has 1 rings (SSSR count). The third-order valence-electron chi connectivity index (χ3n) is 2.49. The molecule has 1 aromatic rings. The van der Waals surface area contributed by atoms with Crippen LogP contribution in [-0.4, -0.2) is 22.5 Å². The Balaban J connectivity index is 3.03. The molecule has 5 heteroatoms. The average Bonchev–Trinajstić information content (AvgIpc) is 2.18. The van der Waals surface area contributed by atoms with Gasteiger partial charge in [0.25, 0.3) is 0 Å². The van der Waals surface area contributed by atoms with Crippen molar-refractivity contribution in [2.24, 2.45) is 5.73 Å². The van der Waals surface area contributed by atoms with Crippen LogP contribution in [0.5, 0.6) is 0 Å². The van der Waals surface area contributed by atoms with Crippen LogP contribution >= 0.6 is 0 Å². The van der Waals surface area contributed by atoms with E-state index in [9.17, 15) is 9.59 Å². The third-order valence-corrected chi connectivity index (χ3v) is 2.49. The van der Waals surface area contributed by atoms with E-state index in [-0.39, 0.29) is 12.0 Å². The van der Waals surface area contributed by atoms with Gasteiger partial charge in [0, 0.05) is 17.6 Å². The minimum absolute atomic E-state index is 0.125. The minimum atomic E-state index is -1.00. The van der Waals surface area contributed by atoms with Crippen molar-refractivity contribution in [2.75, 3.05) is 5.32 Å². The molecule has 0 aliphatic carbocycles. The number of primary amides is 1. The summed E-state index contributed by atoms with van der Waals surface area (Å²) in [6, 6.07) is 5.10. The van der Waals surface area contributed by atoms with Crippen LogP contribution in [-0.2, 0) is 4.79 Å². The summed E-state index contributed by atoms with van der Waals surface area (Å²) in [4.78, 5) is 22.1. The van der Waals surface area contributed by atoms with Crippen LogP contribution in [0.15, 0.2) is 18.2 Å². The maximum atomic E-state index is 11.2. The fourth-order valence-electron chi connectivity index (χ4n) is 1.79. The molecule has 0 spiro atoms. The van der Waals surface area contributed by atoms with E-state index in [0.29, 0.717) is 5.69 Å². The van der Waals surface area contributed by atoms with Gasteiger partial charge >= 0.3 is 5.97 Å². The van der Waals surface area contributed by atoms with Crippen LogP contribution < -0.4 is 11.1 Å². The van der Waals surface area contributed by atoms with Crippen molar-refractivity contribution < 1.29 is 14.7 Å². The summed E-state index contributed by atoms with van der Waals surface area (Å²) in [5, 5.41) is 12.2. The molecule has 98 valence electrons. The Morgan fingerprint density at radius 1 is 1.39 bits per heavy atom. The van der Waals surface area contributed by atoms with Gasteiger partial charge in [0.1, 0.15) is 0 Å². The van der Waals surface area contributed by atoms with Gasteiger partial charge in [0.05, 0.1) is 5.56 Å². The Kier molecular flexibility index (Phi) is 3.96. The van der Waals surface area contributed by atoms with Crippen molar-refractivity contribution in [3.8, 4) is 0 Å². The normalized spacial score (nSPS) is 11.1. The summed E-state index contributed by atoms with van der Waals surface area (Å²) in [5.74, 6) is -1.44. The highest BCUT2D eigenvalue weighted by atomic mass is 16.4. The number of carbonyl (C=O) groups excluding carboxylic acids is 1. The molecule has 0 unspecified atom stereocenters. The second-order valence-electron chi connectivity index (χ2n) is 5.01. The number of hydrogen-bond acceptors (Lipinski definition) is 3. The molecule has 0 saturated heterocycles. The number of rotatable bonds is 5. The standard InChI is InChI=1S/C13H18N2O3/c1-8-4-5-10(9(6-8)12(17)18)15-13(2,3)7-11(14)16/h4-6,15H,7H2,1-3H3,(H2,14,16)(H,17,18). The smallest absolute Gasteiger partial charge is 0.337 e. The van der Waals surface area contributed by atoms with Gasteiger partial charge in [-0.15, -0.1) is 0 Å². The highest BCUT2D eigenvalue weighted by molar-refractivity contribution is 5.94. The second-order valence-corrected chi connectivity index (χ2v) is 5.01. The van der Waals surface area contributed by atoms with Gasteiger partial charge < -0.3 is 16.2 Å². The molecule has 0 saturated carbocycles. The zero-order valence-corrected chi connectivity index (χ0v) is 10.8. The molecule has 0 radical (unpaired) electrons. The molecule has 0 aliphatic rings. The number of nitrogens with two attached hydrogens (primary N) is 1. The predicted octanol–water partition coefficient (Wildman–Crippen LogP) is 1.76. The highest BCUT2D eigenvalue weighted by Crippen LogP contribution is 2.23. The maximum Gasteiger partial charge on any atom is 0.337 e. The lowest BCUT2D eigenvalue weighted by molar-refractivity contribution is -0.118. The molecule has 0 aliphatic heterocycles. The van der Waals surface area contributed by atoms with Gasteiger partial charge in [0.2, 0.25) is 5.91 Å². The Morgan fingerprint density at radius 2 is 2.00 bits per heavy atom. The highest BCUT2D eigenvalue weighted by Gasteiger charge is 2.22. The number of benzene rings is 1. The Morgan fingerprint density at radius 3 is 2.50 bits per heavy atom. The summed E-state index contributed by atoms with van der Waals surface area (Å²) < 4.78 is 0. The molecule has 0 atom stereocenters. The van der Waals surface area contributed by atoms with Crippen LogP contribution in [0.3, 0.4) is 0 Å². The number of aryl methyl sites for hydroxylation is 1. The monoisotopic (exact) mass is 250 g/mol. The Hall–Kier alpha value is -2.04. The molecule has 0 bridgehead atoms. The molecule has 1 amide bonds. The van der Waals surface area contributed by atoms with Crippen molar-refractivity contribution in [1.82, 2.24) is 0 Å². The van der Waals surface area contributed by atoms with Crippen molar-refractivity contribution in [3.05, 3.63) is 29.3 Å². The average molecular weight is 250 g/mol. The summed E-state index contributed by atoms with van der Waals surface area (Å²) in [7, 11) is 0. The van der Waals surface area contributed by atoms with Crippen molar-refractivity contribution >= 4 is 17.6 Å². The second kappa shape index (κ2) is 5.08. The fourth-order valence-corrected chi connectivity index (χ4v) is 1.79.